The molecule has 4 nitrogen and oxygen atoms in total. The van der Waals surface area contributed by atoms with Crippen LogP contribution in [0.1, 0.15) is 30.1 Å². The molecule has 7 heteroatoms. The molecule has 1 aliphatic carbocycles. The summed E-state index contributed by atoms with van der Waals surface area (Å²) in [6, 6.07) is 4.35. The van der Waals surface area contributed by atoms with Gasteiger partial charge in [0, 0.05) is 27.3 Å². The number of carbonyl (C=O) groups excluding carboxylic acids is 1. The number of nitrogens with one attached hydrogen (secondary N) is 1. The van der Waals surface area contributed by atoms with Gasteiger partial charge < -0.3 is 5.32 Å². The van der Waals surface area contributed by atoms with Crippen molar-refractivity contribution >= 4 is 41.6 Å². The first-order chi connectivity index (χ1) is 9.29. The third-order valence-corrected chi connectivity index (χ3v) is 5.78. The Bertz CT molecular complexity index is 629. The van der Waals surface area contributed by atoms with Crippen molar-refractivity contribution in [3.63, 3.8) is 0 Å². The number of rotatable bonds is 5. The van der Waals surface area contributed by atoms with Crippen LogP contribution in [0.3, 0.4) is 0 Å². The minimum absolute atomic E-state index is 0.0953. The maximum atomic E-state index is 12.0. The van der Waals surface area contributed by atoms with E-state index in [1.165, 1.54) is 25.0 Å². The van der Waals surface area contributed by atoms with Crippen LogP contribution >= 0.6 is 26.6 Å². The highest BCUT2D eigenvalue weighted by molar-refractivity contribution is 9.10. The first-order valence-corrected chi connectivity index (χ1v) is 9.41. The van der Waals surface area contributed by atoms with Crippen molar-refractivity contribution in [3.05, 3.63) is 28.2 Å². The van der Waals surface area contributed by atoms with Gasteiger partial charge in [-0.25, -0.2) is 8.42 Å². The fourth-order valence-electron chi connectivity index (χ4n) is 2.02. The van der Waals surface area contributed by atoms with E-state index < -0.39 is 9.05 Å². The predicted octanol–water partition coefficient (Wildman–Crippen LogP) is 3.15. The van der Waals surface area contributed by atoms with Crippen LogP contribution in [-0.4, -0.2) is 20.9 Å². The summed E-state index contributed by atoms with van der Waals surface area (Å²) < 4.78 is 23.1. The van der Waals surface area contributed by atoms with E-state index in [0.29, 0.717) is 22.9 Å². The van der Waals surface area contributed by atoms with E-state index in [4.69, 9.17) is 10.7 Å². The highest BCUT2D eigenvalue weighted by Crippen LogP contribution is 2.36. The Morgan fingerprint density at radius 3 is 2.70 bits per heavy atom. The van der Waals surface area contributed by atoms with E-state index in [0.717, 1.165) is 0 Å². The van der Waals surface area contributed by atoms with E-state index in [-0.39, 0.29) is 16.4 Å². The maximum absolute atomic E-state index is 12.0. The van der Waals surface area contributed by atoms with Gasteiger partial charge in [0.05, 0.1) is 4.90 Å². The van der Waals surface area contributed by atoms with E-state index in [2.05, 4.69) is 28.2 Å². The molecule has 1 aromatic rings. The van der Waals surface area contributed by atoms with Crippen LogP contribution in [-0.2, 0) is 9.05 Å². The first-order valence-electron chi connectivity index (χ1n) is 6.31. The van der Waals surface area contributed by atoms with Crippen molar-refractivity contribution in [2.24, 2.45) is 11.8 Å². The van der Waals surface area contributed by atoms with Crippen LogP contribution in [0.15, 0.2) is 27.6 Å². The highest BCUT2D eigenvalue weighted by Gasteiger charge is 2.28. The number of halogens is 2. The molecule has 0 spiro atoms. The number of carbonyl (C=O) groups is 1. The first kappa shape index (κ1) is 15.8. The van der Waals surface area contributed by atoms with Gasteiger partial charge in [-0.2, -0.15) is 0 Å². The van der Waals surface area contributed by atoms with E-state index in [9.17, 15) is 13.2 Å². The second-order valence-corrected chi connectivity index (χ2v) is 8.50. The van der Waals surface area contributed by atoms with Crippen molar-refractivity contribution in [2.75, 3.05) is 6.54 Å². The van der Waals surface area contributed by atoms with Crippen LogP contribution in [0.2, 0.25) is 0 Å². The predicted molar refractivity (Wildman–Crippen MR) is 81.4 cm³/mol. The fourth-order valence-corrected chi connectivity index (χ4v) is 4.14. The van der Waals surface area contributed by atoms with Crippen molar-refractivity contribution in [3.8, 4) is 0 Å². The molecule has 0 radical (unpaired) electrons. The zero-order chi connectivity index (χ0) is 14.9. The molecule has 1 N–H and O–H groups in total. The van der Waals surface area contributed by atoms with Gasteiger partial charge in [-0.1, -0.05) is 6.92 Å². The van der Waals surface area contributed by atoms with E-state index in [1.54, 1.807) is 6.07 Å². The molecule has 110 valence electrons. The zero-order valence-electron chi connectivity index (χ0n) is 10.9. The van der Waals surface area contributed by atoms with Gasteiger partial charge in [-0.05, 0) is 58.8 Å². The molecule has 1 fully saturated rings. The second-order valence-electron chi connectivity index (χ2n) is 5.11. The Kier molecular flexibility index (Phi) is 4.76. The maximum Gasteiger partial charge on any atom is 0.262 e. The topological polar surface area (TPSA) is 63.2 Å². The average Bonchev–Trinajstić information content (AvgIpc) is 3.18. The minimum atomic E-state index is -3.88. The summed E-state index contributed by atoms with van der Waals surface area (Å²) in [7, 11) is 1.45. The van der Waals surface area contributed by atoms with Crippen LogP contribution < -0.4 is 5.32 Å². The molecule has 0 aliphatic heterocycles. The lowest BCUT2D eigenvalue weighted by Crippen LogP contribution is -2.29. The van der Waals surface area contributed by atoms with Crippen molar-refractivity contribution in [1.29, 1.82) is 0 Å². The quantitative estimate of drug-likeness (QED) is 0.798. The Balaban J connectivity index is 2.10. The smallest absolute Gasteiger partial charge is 0.262 e. The number of hydrogen-bond acceptors (Lipinski definition) is 3. The summed E-state index contributed by atoms with van der Waals surface area (Å²) in [6.07, 6.45) is 2.45. The average molecular weight is 381 g/mol. The molecule has 1 aromatic carbocycles. The second kappa shape index (κ2) is 6.03. The van der Waals surface area contributed by atoms with Crippen molar-refractivity contribution in [1.82, 2.24) is 5.32 Å². The van der Waals surface area contributed by atoms with Gasteiger partial charge in [0.2, 0.25) is 0 Å². The molecule has 1 unspecified atom stereocenters. The normalized spacial score (nSPS) is 16.8. The fraction of sp³-hybridized carbons (Fsp3) is 0.462. The van der Waals surface area contributed by atoms with Gasteiger partial charge in [0.15, 0.2) is 0 Å². The molecule has 1 atom stereocenters. The molecule has 0 heterocycles. The SMILES string of the molecule is CC(CNC(=O)c1ccc(Br)c(S(=O)(=O)Cl)c1)C1CC1. The molecule has 0 bridgehead atoms. The molecule has 0 saturated heterocycles. The van der Waals surface area contributed by atoms with Crippen LogP contribution in [0.25, 0.3) is 0 Å². The van der Waals surface area contributed by atoms with Gasteiger partial charge in [0.25, 0.3) is 15.0 Å². The van der Waals surface area contributed by atoms with E-state index in [1.807, 2.05) is 0 Å². The third-order valence-electron chi connectivity index (χ3n) is 3.47. The van der Waals surface area contributed by atoms with Crippen LogP contribution in [0.5, 0.6) is 0 Å². The Labute approximate surface area is 131 Å². The van der Waals surface area contributed by atoms with Crippen LogP contribution in [0.4, 0.5) is 0 Å². The molecule has 1 aliphatic rings. The minimum Gasteiger partial charge on any atom is -0.352 e. The molecule has 1 saturated carbocycles. The van der Waals surface area contributed by atoms with Crippen molar-refractivity contribution < 1.29 is 13.2 Å². The Morgan fingerprint density at radius 1 is 1.50 bits per heavy atom. The molecule has 1 amide bonds. The summed E-state index contributed by atoms with van der Waals surface area (Å²) in [6.45, 7) is 2.71. The molecular formula is C13H15BrClNO3S. The summed E-state index contributed by atoms with van der Waals surface area (Å²) in [5.74, 6) is 0.871. The van der Waals surface area contributed by atoms with Gasteiger partial charge in [-0.3, -0.25) is 4.79 Å². The monoisotopic (exact) mass is 379 g/mol. The highest BCUT2D eigenvalue weighted by atomic mass is 79.9. The Hall–Kier alpha value is -0.590. The molecular weight excluding hydrogens is 366 g/mol. The molecule has 2 rings (SSSR count). The number of hydrogen-bond donors (Lipinski definition) is 1. The third kappa shape index (κ3) is 3.96. The lowest BCUT2D eigenvalue weighted by atomic mass is 10.1. The standard InChI is InChI=1S/C13H15BrClNO3S/c1-8(9-2-3-9)7-16-13(17)10-4-5-11(14)12(6-10)20(15,18)19/h4-6,8-9H,2-3,7H2,1H3,(H,16,17). The van der Waals surface area contributed by atoms with Gasteiger partial charge in [0.1, 0.15) is 0 Å². The summed E-state index contributed by atoms with van der Waals surface area (Å²) in [5, 5.41) is 2.83. The van der Waals surface area contributed by atoms with Crippen molar-refractivity contribution in [2.45, 2.75) is 24.7 Å². The summed E-state index contributed by atoms with van der Waals surface area (Å²) in [4.78, 5) is 11.9. The summed E-state index contributed by atoms with van der Waals surface area (Å²) >= 11 is 3.11. The van der Waals surface area contributed by atoms with Crippen LogP contribution in [0, 0.1) is 11.8 Å². The zero-order valence-corrected chi connectivity index (χ0v) is 14.1. The lowest BCUT2D eigenvalue weighted by molar-refractivity contribution is 0.0946. The van der Waals surface area contributed by atoms with Gasteiger partial charge in [-0.15, -0.1) is 0 Å². The summed E-state index contributed by atoms with van der Waals surface area (Å²) in [5.41, 5.74) is 0.287. The number of benzene rings is 1. The number of amides is 1. The lowest BCUT2D eigenvalue weighted by Gasteiger charge is -2.12. The largest absolute Gasteiger partial charge is 0.352 e. The van der Waals surface area contributed by atoms with E-state index >= 15 is 0 Å². The van der Waals surface area contributed by atoms with Gasteiger partial charge >= 0.3 is 0 Å². The Morgan fingerprint density at radius 2 is 2.15 bits per heavy atom. The molecule has 20 heavy (non-hydrogen) atoms. The molecule has 0 aromatic heterocycles.